The molecule has 0 amide bonds. The third kappa shape index (κ3) is 2.09. The maximum absolute atomic E-state index is 14.4. The first-order chi connectivity index (χ1) is 9.28. The Morgan fingerprint density at radius 1 is 1.50 bits per heavy atom. The first-order valence-electron chi connectivity index (χ1n) is 6.21. The number of ether oxygens (including phenoxy) is 1. The van der Waals surface area contributed by atoms with Crippen molar-refractivity contribution in [2.24, 2.45) is 5.92 Å². The molecule has 1 aromatic rings. The van der Waals surface area contributed by atoms with Gasteiger partial charge in [0.25, 0.3) is 11.5 Å². The minimum absolute atomic E-state index is 0.102. The summed E-state index contributed by atoms with van der Waals surface area (Å²) in [5.74, 6) is -4.52. The van der Waals surface area contributed by atoms with E-state index in [1.807, 2.05) is 4.98 Å². The number of aromatic amines is 1. The number of alkyl halides is 3. The van der Waals surface area contributed by atoms with Crippen LogP contribution in [0.2, 0.25) is 0 Å². The van der Waals surface area contributed by atoms with E-state index in [9.17, 15) is 18.4 Å². The Morgan fingerprint density at radius 2 is 2.15 bits per heavy atom. The van der Waals surface area contributed by atoms with Gasteiger partial charge in [-0.05, 0) is 6.42 Å². The van der Waals surface area contributed by atoms with Gasteiger partial charge in [0.15, 0.2) is 0 Å². The van der Waals surface area contributed by atoms with Gasteiger partial charge in [-0.25, -0.2) is 13.6 Å². The lowest BCUT2D eigenvalue weighted by atomic mass is 9.86. The van der Waals surface area contributed by atoms with Crippen molar-refractivity contribution in [3.05, 3.63) is 33.1 Å². The van der Waals surface area contributed by atoms with Gasteiger partial charge in [-0.3, -0.25) is 14.3 Å². The highest BCUT2D eigenvalue weighted by Gasteiger charge is 2.63. The summed E-state index contributed by atoms with van der Waals surface area (Å²) in [5, 5.41) is 0. The number of nitrogens with zero attached hydrogens (tertiary/aromatic N) is 1. The molecular weight excluding hydrogens is 294 g/mol. The Morgan fingerprint density at radius 3 is 2.60 bits per heavy atom. The van der Waals surface area contributed by atoms with Gasteiger partial charge in [0, 0.05) is 12.3 Å². The van der Waals surface area contributed by atoms with Gasteiger partial charge in [0.1, 0.15) is 0 Å². The van der Waals surface area contributed by atoms with E-state index >= 15 is 0 Å². The summed E-state index contributed by atoms with van der Waals surface area (Å²) in [6, 6.07) is 0.998. The third-order valence-electron chi connectivity index (χ3n) is 3.97. The van der Waals surface area contributed by atoms with Crippen LogP contribution in [0.4, 0.5) is 8.78 Å². The van der Waals surface area contributed by atoms with E-state index in [-0.39, 0.29) is 5.88 Å². The fourth-order valence-corrected chi connectivity index (χ4v) is 2.94. The maximum atomic E-state index is 14.4. The van der Waals surface area contributed by atoms with Crippen LogP contribution in [-0.2, 0) is 4.74 Å². The van der Waals surface area contributed by atoms with E-state index in [0.29, 0.717) is 11.0 Å². The van der Waals surface area contributed by atoms with E-state index in [1.165, 1.54) is 6.92 Å². The molecule has 2 rings (SSSR count). The normalized spacial score (nSPS) is 32.5. The van der Waals surface area contributed by atoms with Gasteiger partial charge in [-0.1, -0.05) is 13.8 Å². The molecule has 0 bridgehead atoms. The Bertz CT molecular complexity index is 609. The Labute approximate surface area is 118 Å². The molecule has 1 fully saturated rings. The molecular formula is C12H15ClF2N2O3. The molecule has 3 atom stereocenters. The molecule has 20 heavy (non-hydrogen) atoms. The molecule has 1 aromatic heterocycles. The average molecular weight is 309 g/mol. The zero-order chi connectivity index (χ0) is 15.1. The summed E-state index contributed by atoms with van der Waals surface area (Å²) >= 11 is 5.80. The largest absolute Gasteiger partial charge is 0.343 e. The van der Waals surface area contributed by atoms with Gasteiger partial charge < -0.3 is 4.74 Å². The van der Waals surface area contributed by atoms with Gasteiger partial charge in [-0.15, -0.1) is 11.6 Å². The van der Waals surface area contributed by atoms with Crippen LogP contribution in [0.1, 0.15) is 26.5 Å². The molecule has 1 N–H and O–H groups in total. The molecule has 5 nitrogen and oxygen atoms in total. The van der Waals surface area contributed by atoms with Crippen molar-refractivity contribution in [2.75, 3.05) is 5.88 Å². The number of aromatic nitrogens is 2. The molecule has 1 aliphatic heterocycles. The lowest BCUT2D eigenvalue weighted by molar-refractivity contribution is -0.134. The zero-order valence-electron chi connectivity index (χ0n) is 11.0. The molecule has 0 spiro atoms. The quantitative estimate of drug-likeness (QED) is 0.865. The topological polar surface area (TPSA) is 64.1 Å². The standard InChI is InChI=1S/C12H15ClF2N2O3/c1-3-11(6-13)7(2)12(14,15)9(20-11)17-5-4-8(18)16-10(17)19/h4-5,7,9H,3,6H2,1-2H3,(H,16,18,19)/t7-,9-,11+/m1/s1. The maximum Gasteiger partial charge on any atom is 0.330 e. The van der Waals surface area contributed by atoms with Crippen LogP contribution < -0.4 is 11.2 Å². The molecule has 1 saturated heterocycles. The van der Waals surface area contributed by atoms with Gasteiger partial charge in [0.05, 0.1) is 17.4 Å². The fourth-order valence-electron chi connectivity index (χ4n) is 2.45. The summed E-state index contributed by atoms with van der Waals surface area (Å²) in [6.07, 6.45) is -0.477. The minimum Gasteiger partial charge on any atom is -0.343 e. The number of H-pyrrole nitrogens is 1. The summed E-state index contributed by atoms with van der Waals surface area (Å²) in [6.45, 7) is 3.05. The summed E-state index contributed by atoms with van der Waals surface area (Å²) in [5.41, 5.74) is -2.79. The van der Waals surface area contributed by atoms with Crippen molar-refractivity contribution in [3.8, 4) is 0 Å². The average Bonchev–Trinajstić information content (AvgIpc) is 2.60. The third-order valence-corrected chi connectivity index (χ3v) is 4.42. The van der Waals surface area contributed by atoms with E-state index in [4.69, 9.17) is 16.3 Å². The number of nitrogens with one attached hydrogen (secondary N) is 1. The number of halogens is 3. The number of hydrogen-bond donors (Lipinski definition) is 1. The lowest BCUT2D eigenvalue weighted by Gasteiger charge is -2.29. The highest BCUT2D eigenvalue weighted by molar-refractivity contribution is 6.18. The monoisotopic (exact) mass is 308 g/mol. The van der Waals surface area contributed by atoms with Crippen molar-refractivity contribution < 1.29 is 13.5 Å². The van der Waals surface area contributed by atoms with E-state index in [0.717, 1.165) is 12.3 Å². The van der Waals surface area contributed by atoms with Gasteiger partial charge >= 0.3 is 5.69 Å². The van der Waals surface area contributed by atoms with Crippen LogP contribution in [0.3, 0.4) is 0 Å². The molecule has 2 heterocycles. The van der Waals surface area contributed by atoms with Crippen molar-refractivity contribution in [1.29, 1.82) is 0 Å². The number of hydrogen-bond acceptors (Lipinski definition) is 3. The molecule has 112 valence electrons. The van der Waals surface area contributed by atoms with Crippen LogP contribution in [0, 0.1) is 5.92 Å². The fraction of sp³-hybridized carbons (Fsp3) is 0.667. The van der Waals surface area contributed by atoms with Crippen LogP contribution in [0.5, 0.6) is 0 Å². The Kier molecular flexibility index (Phi) is 3.77. The molecule has 0 radical (unpaired) electrons. The lowest BCUT2D eigenvalue weighted by Crippen LogP contribution is -2.41. The molecule has 0 aliphatic carbocycles. The summed E-state index contributed by atoms with van der Waals surface area (Å²) < 4.78 is 34.9. The van der Waals surface area contributed by atoms with Gasteiger partial charge in [0.2, 0.25) is 6.23 Å². The van der Waals surface area contributed by atoms with E-state index < -0.39 is 34.9 Å². The van der Waals surface area contributed by atoms with Crippen LogP contribution >= 0.6 is 11.6 Å². The number of rotatable bonds is 3. The smallest absolute Gasteiger partial charge is 0.330 e. The van der Waals surface area contributed by atoms with Crippen molar-refractivity contribution in [1.82, 2.24) is 9.55 Å². The molecule has 0 saturated carbocycles. The predicted molar refractivity (Wildman–Crippen MR) is 69.3 cm³/mol. The van der Waals surface area contributed by atoms with E-state index in [2.05, 4.69) is 0 Å². The van der Waals surface area contributed by atoms with E-state index in [1.54, 1.807) is 6.92 Å². The Balaban J connectivity index is 2.52. The molecule has 8 heteroatoms. The second-order valence-electron chi connectivity index (χ2n) is 4.94. The first-order valence-corrected chi connectivity index (χ1v) is 6.75. The molecule has 1 aliphatic rings. The second-order valence-corrected chi connectivity index (χ2v) is 5.20. The Hall–Kier alpha value is -1.21. The summed E-state index contributed by atoms with van der Waals surface area (Å²) in [4.78, 5) is 24.6. The minimum atomic E-state index is -3.27. The summed E-state index contributed by atoms with van der Waals surface area (Å²) in [7, 11) is 0. The SMILES string of the molecule is CC[C@@]1(CCl)O[C@@H](n2ccc(=O)[nH]c2=O)C(F)(F)[C@@H]1C. The van der Waals surface area contributed by atoms with Gasteiger partial charge in [-0.2, -0.15) is 0 Å². The second kappa shape index (κ2) is 4.96. The van der Waals surface area contributed by atoms with Crippen LogP contribution in [0.15, 0.2) is 21.9 Å². The van der Waals surface area contributed by atoms with Crippen LogP contribution in [0.25, 0.3) is 0 Å². The first kappa shape index (κ1) is 15.2. The zero-order valence-corrected chi connectivity index (χ0v) is 11.8. The van der Waals surface area contributed by atoms with Crippen molar-refractivity contribution >= 4 is 11.6 Å². The van der Waals surface area contributed by atoms with Crippen molar-refractivity contribution in [3.63, 3.8) is 0 Å². The predicted octanol–water partition coefficient (Wildman–Crippen LogP) is 1.72. The van der Waals surface area contributed by atoms with Crippen molar-refractivity contribution in [2.45, 2.75) is 38.0 Å². The molecule has 0 aromatic carbocycles. The highest BCUT2D eigenvalue weighted by atomic mass is 35.5. The molecule has 0 unspecified atom stereocenters. The van der Waals surface area contributed by atoms with Crippen LogP contribution in [-0.4, -0.2) is 27.0 Å². The highest BCUT2D eigenvalue weighted by Crippen LogP contribution is 2.53.